The molecular formula is C17H18N6O. The standard InChI is InChI=1S/C17H18N6O/c1-3-14(4-2-13(1)15-11-19-12-24-15)21-16-5-6-20-17(22-16)23-9-7-18-8-10-23/h1-6,11-12,18H,7-10H2,(H,20,21,22). The molecule has 7 nitrogen and oxygen atoms in total. The summed E-state index contributed by atoms with van der Waals surface area (Å²) >= 11 is 0. The SMILES string of the molecule is c1cc(Nc2ccc(-c3cnco3)cc2)nc(N2CCNCC2)n1. The monoisotopic (exact) mass is 322 g/mol. The minimum atomic E-state index is 0.754. The number of anilines is 3. The fourth-order valence-corrected chi connectivity index (χ4v) is 2.66. The smallest absolute Gasteiger partial charge is 0.227 e. The van der Waals surface area contributed by atoms with E-state index in [0.717, 1.165) is 55.0 Å². The zero-order chi connectivity index (χ0) is 16.2. The zero-order valence-electron chi connectivity index (χ0n) is 13.1. The minimum Gasteiger partial charge on any atom is -0.444 e. The largest absolute Gasteiger partial charge is 0.444 e. The number of nitrogens with zero attached hydrogens (tertiary/aromatic N) is 4. The lowest BCUT2D eigenvalue weighted by Crippen LogP contribution is -2.44. The number of rotatable bonds is 4. The molecule has 0 radical (unpaired) electrons. The molecule has 2 N–H and O–H groups in total. The van der Waals surface area contributed by atoms with Crippen LogP contribution >= 0.6 is 0 Å². The van der Waals surface area contributed by atoms with Gasteiger partial charge in [0.25, 0.3) is 0 Å². The van der Waals surface area contributed by atoms with Gasteiger partial charge in [-0.2, -0.15) is 4.98 Å². The van der Waals surface area contributed by atoms with E-state index in [1.54, 1.807) is 12.4 Å². The summed E-state index contributed by atoms with van der Waals surface area (Å²) in [5, 5.41) is 6.65. The summed E-state index contributed by atoms with van der Waals surface area (Å²) in [5.74, 6) is 2.30. The normalized spacial score (nSPS) is 14.6. The van der Waals surface area contributed by atoms with Crippen LogP contribution in [0.25, 0.3) is 11.3 Å². The first-order valence-corrected chi connectivity index (χ1v) is 7.93. The average Bonchev–Trinajstić information content (AvgIpc) is 3.18. The average molecular weight is 322 g/mol. The Morgan fingerprint density at radius 1 is 1.08 bits per heavy atom. The van der Waals surface area contributed by atoms with Gasteiger partial charge in [0.05, 0.1) is 6.20 Å². The van der Waals surface area contributed by atoms with Crippen LogP contribution in [0.4, 0.5) is 17.5 Å². The van der Waals surface area contributed by atoms with E-state index in [-0.39, 0.29) is 0 Å². The molecule has 0 aliphatic carbocycles. The van der Waals surface area contributed by atoms with Crippen LogP contribution in [0.15, 0.2) is 53.5 Å². The molecule has 1 fully saturated rings. The highest BCUT2D eigenvalue weighted by Gasteiger charge is 2.13. The van der Waals surface area contributed by atoms with E-state index in [4.69, 9.17) is 4.42 Å². The molecule has 0 bridgehead atoms. The van der Waals surface area contributed by atoms with Crippen LogP contribution < -0.4 is 15.5 Å². The minimum absolute atomic E-state index is 0.754. The molecule has 7 heteroatoms. The molecule has 1 saturated heterocycles. The Bertz CT molecular complexity index is 781. The van der Waals surface area contributed by atoms with Gasteiger partial charge in [0.2, 0.25) is 5.95 Å². The summed E-state index contributed by atoms with van der Waals surface area (Å²) in [7, 11) is 0. The number of oxazole rings is 1. The predicted molar refractivity (Wildman–Crippen MR) is 92.3 cm³/mol. The van der Waals surface area contributed by atoms with E-state index in [2.05, 4.69) is 30.5 Å². The van der Waals surface area contributed by atoms with Crippen molar-refractivity contribution in [3.8, 4) is 11.3 Å². The molecule has 24 heavy (non-hydrogen) atoms. The molecule has 122 valence electrons. The number of hydrogen-bond donors (Lipinski definition) is 2. The molecule has 3 heterocycles. The van der Waals surface area contributed by atoms with E-state index in [9.17, 15) is 0 Å². The van der Waals surface area contributed by atoms with Crippen LogP contribution in [0, 0.1) is 0 Å². The van der Waals surface area contributed by atoms with Crippen molar-refractivity contribution >= 4 is 17.5 Å². The van der Waals surface area contributed by atoms with Crippen molar-refractivity contribution in [2.75, 3.05) is 36.4 Å². The number of benzene rings is 1. The molecule has 0 spiro atoms. The van der Waals surface area contributed by atoms with Gasteiger partial charge >= 0.3 is 0 Å². The third-order valence-corrected chi connectivity index (χ3v) is 3.92. The quantitative estimate of drug-likeness (QED) is 0.763. The van der Waals surface area contributed by atoms with E-state index < -0.39 is 0 Å². The van der Waals surface area contributed by atoms with Crippen molar-refractivity contribution in [3.05, 3.63) is 49.1 Å². The predicted octanol–water partition coefficient (Wildman–Crippen LogP) is 2.28. The van der Waals surface area contributed by atoms with Gasteiger partial charge in [-0.25, -0.2) is 9.97 Å². The number of piperazine rings is 1. The second-order valence-electron chi connectivity index (χ2n) is 5.55. The first kappa shape index (κ1) is 14.6. The summed E-state index contributed by atoms with van der Waals surface area (Å²) < 4.78 is 5.30. The van der Waals surface area contributed by atoms with Crippen molar-refractivity contribution in [1.82, 2.24) is 20.3 Å². The van der Waals surface area contributed by atoms with Crippen molar-refractivity contribution in [2.45, 2.75) is 0 Å². The van der Waals surface area contributed by atoms with Crippen molar-refractivity contribution in [3.63, 3.8) is 0 Å². The second-order valence-corrected chi connectivity index (χ2v) is 5.55. The van der Waals surface area contributed by atoms with Crippen molar-refractivity contribution < 1.29 is 4.42 Å². The van der Waals surface area contributed by atoms with Gasteiger partial charge in [-0.3, -0.25) is 0 Å². The lowest BCUT2D eigenvalue weighted by atomic mass is 10.2. The highest BCUT2D eigenvalue weighted by molar-refractivity contribution is 5.64. The summed E-state index contributed by atoms with van der Waals surface area (Å²) in [6.45, 7) is 3.78. The third kappa shape index (κ3) is 3.21. The molecule has 1 aliphatic heterocycles. The molecule has 1 aromatic carbocycles. The molecule has 1 aliphatic rings. The maximum Gasteiger partial charge on any atom is 0.227 e. The third-order valence-electron chi connectivity index (χ3n) is 3.92. The summed E-state index contributed by atoms with van der Waals surface area (Å²) in [6.07, 6.45) is 4.92. The topological polar surface area (TPSA) is 79.1 Å². The van der Waals surface area contributed by atoms with Crippen LogP contribution in [-0.2, 0) is 0 Å². The summed E-state index contributed by atoms with van der Waals surface area (Å²) in [5.41, 5.74) is 1.95. The van der Waals surface area contributed by atoms with Crippen LogP contribution in [-0.4, -0.2) is 41.1 Å². The Hall–Kier alpha value is -2.93. The van der Waals surface area contributed by atoms with Gasteiger partial charge in [0.1, 0.15) is 5.82 Å². The fraction of sp³-hybridized carbons (Fsp3) is 0.235. The van der Waals surface area contributed by atoms with E-state index in [1.165, 1.54) is 6.39 Å². The Balaban J connectivity index is 1.48. The molecule has 0 saturated carbocycles. The molecule has 0 amide bonds. The van der Waals surface area contributed by atoms with E-state index >= 15 is 0 Å². The molecule has 0 atom stereocenters. The number of nitrogens with one attached hydrogen (secondary N) is 2. The van der Waals surface area contributed by atoms with Gasteiger partial charge in [-0.1, -0.05) is 0 Å². The summed E-state index contributed by atoms with van der Waals surface area (Å²) in [6, 6.07) is 9.83. The maximum atomic E-state index is 5.30. The highest BCUT2D eigenvalue weighted by Crippen LogP contribution is 2.22. The summed E-state index contributed by atoms with van der Waals surface area (Å²) in [4.78, 5) is 15.1. The van der Waals surface area contributed by atoms with Crippen LogP contribution in [0.1, 0.15) is 0 Å². The van der Waals surface area contributed by atoms with Crippen LogP contribution in [0.3, 0.4) is 0 Å². The Kier molecular flexibility index (Phi) is 4.07. The molecule has 2 aromatic heterocycles. The Morgan fingerprint density at radius 3 is 2.67 bits per heavy atom. The second kappa shape index (κ2) is 6.67. The van der Waals surface area contributed by atoms with Gasteiger partial charge in [0.15, 0.2) is 12.2 Å². The van der Waals surface area contributed by atoms with E-state index in [1.807, 2.05) is 30.3 Å². The van der Waals surface area contributed by atoms with Gasteiger partial charge < -0.3 is 20.0 Å². The zero-order valence-corrected chi connectivity index (χ0v) is 13.1. The van der Waals surface area contributed by atoms with Gasteiger partial charge in [-0.05, 0) is 30.3 Å². The molecular weight excluding hydrogens is 304 g/mol. The van der Waals surface area contributed by atoms with Crippen LogP contribution in [0.2, 0.25) is 0 Å². The Morgan fingerprint density at radius 2 is 1.92 bits per heavy atom. The number of aromatic nitrogens is 3. The van der Waals surface area contributed by atoms with Crippen molar-refractivity contribution in [1.29, 1.82) is 0 Å². The van der Waals surface area contributed by atoms with Gasteiger partial charge in [0, 0.05) is 43.6 Å². The van der Waals surface area contributed by atoms with E-state index in [0.29, 0.717) is 0 Å². The van der Waals surface area contributed by atoms with Gasteiger partial charge in [-0.15, -0.1) is 0 Å². The van der Waals surface area contributed by atoms with Crippen molar-refractivity contribution in [2.24, 2.45) is 0 Å². The lowest BCUT2D eigenvalue weighted by molar-refractivity contribution is 0.572. The Labute approximate surface area is 139 Å². The first-order chi connectivity index (χ1) is 11.9. The number of hydrogen-bond acceptors (Lipinski definition) is 7. The fourth-order valence-electron chi connectivity index (χ4n) is 2.66. The first-order valence-electron chi connectivity index (χ1n) is 7.93. The molecule has 4 rings (SSSR count). The molecule has 0 unspecified atom stereocenters. The van der Waals surface area contributed by atoms with Crippen LogP contribution in [0.5, 0.6) is 0 Å². The maximum absolute atomic E-state index is 5.30. The lowest BCUT2D eigenvalue weighted by Gasteiger charge is -2.27. The molecule has 3 aromatic rings. The highest BCUT2D eigenvalue weighted by atomic mass is 16.3.